The zero-order chi connectivity index (χ0) is 12.2. The van der Waals surface area contributed by atoms with Gasteiger partial charge < -0.3 is 10.8 Å². The SMILES string of the molecule is CC(C)(C)C(CN)N1CCN(CCO)CC1. The summed E-state index contributed by atoms with van der Waals surface area (Å²) >= 11 is 0. The molecule has 0 aromatic carbocycles. The topological polar surface area (TPSA) is 52.7 Å². The minimum absolute atomic E-state index is 0.244. The number of hydrogen-bond donors (Lipinski definition) is 2. The lowest BCUT2D eigenvalue weighted by molar-refractivity contribution is 0.0440. The zero-order valence-electron chi connectivity index (χ0n) is 10.9. The molecule has 3 N–H and O–H groups in total. The van der Waals surface area contributed by atoms with Gasteiger partial charge in [0.25, 0.3) is 0 Å². The standard InChI is InChI=1S/C12H27N3O/c1-12(2,3)11(10-13)15-6-4-14(5-7-15)8-9-16/h11,16H,4-10,13H2,1-3H3. The fourth-order valence-corrected chi connectivity index (χ4v) is 2.49. The zero-order valence-corrected chi connectivity index (χ0v) is 10.9. The fourth-order valence-electron chi connectivity index (χ4n) is 2.49. The minimum Gasteiger partial charge on any atom is -0.395 e. The van der Waals surface area contributed by atoms with Crippen molar-refractivity contribution < 1.29 is 5.11 Å². The normalized spacial score (nSPS) is 22.3. The maximum atomic E-state index is 8.89. The van der Waals surface area contributed by atoms with Gasteiger partial charge in [0, 0.05) is 45.3 Å². The van der Waals surface area contributed by atoms with Gasteiger partial charge in [0.15, 0.2) is 0 Å². The van der Waals surface area contributed by atoms with Gasteiger partial charge in [-0.3, -0.25) is 9.80 Å². The van der Waals surface area contributed by atoms with Crippen molar-refractivity contribution in [1.82, 2.24) is 9.80 Å². The molecule has 1 aliphatic rings. The van der Waals surface area contributed by atoms with Crippen LogP contribution in [0.4, 0.5) is 0 Å². The van der Waals surface area contributed by atoms with Crippen LogP contribution in [-0.2, 0) is 0 Å². The Hall–Kier alpha value is -0.160. The number of aliphatic hydroxyl groups excluding tert-OH is 1. The molecule has 4 nitrogen and oxygen atoms in total. The molecule has 1 fully saturated rings. The van der Waals surface area contributed by atoms with Crippen molar-refractivity contribution in [2.24, 2.45) is 11.1 Å². The van der Waals surface area contributed by atoms with Gasteiger partial charge in [0.05, 0.1) is 6.61 Å². The van der Waals surface area contributed by atoms with Crippen LogP contribution >= 0.6 is 0 Å². The van der Waals surface area contributed by atoms with E-state index in [0.29, 0.717) is 6.04 Å². The van der Waals surface area contributed by atoms with Crippen molar-refractivity contribution in [3.8, 4) is 0 Å². The Kier molecular flexibility index (Phi) is 5.18. The van der Waals surface area contributed by atoms with Gasteiger partial charge in [-0.1, -0.05) is 20.8 Å². The van der Waals surface area contributed by atoms with E-state index in [2.05, 4.69) is 30.6 Å². The molecule has 4 heteroatoms. The van der Waals surface area contributed by atoms with Crippen LogP contribution in [0.1, 0.15) is 20.8 Å². The molecule has 0 spiro atoms. The number of aliphatic hydroxyl groups is 1. The molecule has 0 radical (unpaired) electrons. The highest BCUT2D eigenvalue weighted by Gasteiger charge is 2.31. The molecule has 16 heavy (non-hydrogen) atoms. The molecular formula is C12H27N3O. The summed E-state index contributed by atoms with van der Waals surface area (Å²) in [5, 5.41) is 8.89. The van der Waals surface area contributed by atoms with Crippen LogP contribution in [0.5, 0.6) is 0 Å². The van der Waals surface area contributed by atoms with Gasteiger partial charge in [0.1, 0.15) is 0 Å². The maximum absolute atomic E-state index is 8.89. The van der Waals surface area contributed by atoms with Crippen LogP contribution < -0.4 is 5.73 Å². The van der Waals surface area contributed by atoms with E-state index in [0.717, 1.165) is 39.3 Å². The first-order valence-corrected chi connectivity index (χ1v) is 6.26. The number of hydrogen-bond acceptors (Lipinski definition) is 4. The predicted molar refractivity (Wildman–Crippen MR) is 67.4 cm³/mol. The summed E-state index contributed by atoms with van der Waals surface area (Å²) in [6, 6.07) is 0.462. The van der Waals surface area contributed by atoms with E-state index < -0.39 is 0 Å². The summed E-state index contributed by atoms with van der Waals surface area (Å²) < 4.78 is 0. The molecule has 1 aliphatic heterocycles. The first kappa shape index (κ1) is 13.9. The van der Waals surface area contributed by atoms with Crippen molar-refractivity contribution in [1.29, 1.82) is 0 Å². The molecule has 1 heterocycles. The molecule has 1 rings (SSSR count). The summed E-state index contributed by atoms with van der Waals surface area (Å²) in [7, 11) is 0. The fraction of sp³-hybridized carbons (Fsp3) is 1.00. The minimum atomic E-state index is 0.244. The maximum Gasteiger partial charge on any atom is 0.0558 e. The average molecular weight is 229 g/mol. The number of piperazine rings is 1. The molecule has 96 valence electrons. The molecule has 1 unspecified atom stereocenters. The summed E-state index contributed by atoms with van der Waals surface area (Å²) in [4.78, 5) is 4.81. The Morgan fingerprint density at radius 3 is 2.12 bits per heavy atom. The van der Waals surface area contributed by atoms with E-state index in [9.17, 15) is 0 Å². The Balaban J connectivity index is 2.45. The lowest BCUT2D eigenvalue weighted by atomic mass is 9.85. The molecule has 0 aromatic heterocycles. The molecule has 1 atom stereocenters. The van der Waals surface area contributed by atoms with Crippen molar-refractivity contribution in [2.75, 3.05) is 45.9 Å². The summed E-state index contributed by atoms with van der Waals surface area (Å²) in [5.41, 5.74) is 6.13. The van der Waals surface area contributed by atoms with E-state index in [-0.39, 0.29) is 12.0 Å². The van der Waals surface area contributed by atoms with Crippen LogP contribution in [0.3, 0.4) is 0 Å². The molecular weight excluding hydrogens is 202 g/mol. The molecule has 0 aromatic rings. The Morgan fingerprint density at radius 2 is 1.75 bits per heavy atom. The number of β-amino-alcohol motifs (C(OH)–C–C–N with tert-alkyl or cyclic N) is 1. The van der Waals surface area contributed by atoms with Crippen LogP contribution in [0, 0.1) is 5.41 Å². The van der Waals surface area contributed by atoms with Gasteiger partial charge in [-0.15, -0.1) is 0 Å². The summed E-state index contributed by atoms with van der Waals surface area (Å²) in [6.45, 7) is 12.8. The monoisotopic (exact) mass is 229 g/mol. The lowest BCUT2D eigenvalue weighted by Crippen LogP contribution is -2.56. The van der Waals surface area contributed by atoms with Gasteiger partial charge >= 0.3 is 0 Å². The van der Waals surface area contributed by atoms with Crippen LogP contribution in [0.25, 0.3) is 0 Å². The third kappa shape index (κ3) is 3.70. The largest absolute Gasteiger partial charge is 0.395 e. The Bertz CT molecular complexity index is 195. The highest BCUT2D eigenvalue weighted by molar-refractivity contribution is 4.86. The van der Waals surface area contributed by atoms with Gasteiger partial charge in [0.2, 0.25) is 0 Å². The number of nitrogens with zero attached hydrogens (tertiary/aromatic N) is 2. The number of nitrogens with two attached hydrogens (primary N) is 1. The average Bonchev–Trinajstić information content (AvgIpc) is 2.20. The smallest absolute Gasteiger partial charge is 0.0558 e. The number of rotatable bonds is 4. The molecule has 0 amide bonds. The van der Waals surface area contributed by atoms with E-state index in [1.807, 2.05) is 0 Å². The summed E-state index contributed by atoms with van der Waals surface area (Å²) in [5.74, 6) is 0. The van der Waals surface area contributed by atoms with Crippen molar-refractivity contribution in [2.45, 2.75) is 26.8 Å². The molecule has 0 aliphatic carbocycles. The van der Waals surface area contributed by atoms with Crippen molar-refractivity contribution in [3.05, 3.63) is 0 Å². The van der Waals surface area contributed by atoms with Crippen LogP contribution in [0.2, 0.25) is 0 Å². The molecule has 0 bridgehead atoms. The molecule has 1 saturated heterocycles. The van der Waals surface area contributed by atoms with E-state index in [1.54, 1.807) is 0 Å². The first-order valence-electron chi connectivity index (χ1n) is 6.26. The van der Waals surface area contributed by atoms with Gasteiger partial charge in [-0.05, 0) is 5.41 Å². The van der Waals surface area contributed by atoms with E-state index >= 15 is 0 Å². The van der Waals surface area contributed by atoms with Gasteiger partial charge in [-0.2, -0.15) is 0 Å². The second-order valence-corrected chi connectivity index (χ2v) is 5.72. The van der Waals surface area contributed by atoms with Crippen LogP contribution in [-0.4, -0.2) is 66.8 Å². The second-order valence-electron chi connectivity index (χ2n) is 5.72. The van der Waals surface area contributed by atoms with Crippen molar-refractivity contribution >= 4 is 0 Å². The Morgan fingerprint density at radius 1 is 1.19 bits per heavy atom. The van der Waals surface area contributed by atoms with E-state index in [4.69, 9.17) is 10.8 Å². The summed E-state index contributed by atoms with van der Waals surface area (Å²) in [6.07, 6.45) is 0. The quantitative estimate of drug-likeness (QED) is 0.711. The van der Waals surface area contributed by atoms with Crippen molar-refractivity contribution in [3.63, 3.8) is 0 Å². The first-order chi connectivity index (χ1) is 7.49. The van der Waals surface area contributed by atoms with Crippen LogP contribution in [0.15, 0.2) is 0 Å². The highest BCUT2D eigenvalue weighted by Crippen LogP contribution is 2.24. The Labute approximate surface area is 99.4 Å². The molecule has 0 saturated carbocycles. The predicted octanol–water partition coefficient (Wildman–Crippen LogP) is -0.0303. The third-order valence-corrected chi connectivity index (χ3v) is 3.49. The van der Waals surface area contributed by atoms with Gasteiger partial charge in [-0.25, -0.2) is 0 Å². The van der Waals surface area contributed by atoms with E-state index in [1.165, 1.54) is 0 Å². The third-order valence-electron chi connectivity index (χ3n) is 3.49. The lowest BCUT2D eigenvalue weighted by Gasteiger charge is -2.44. The second kappa shape index (κ2) is 5.96. The highest BCUT2D eigenvalue weighted by atomic mass is 16.3.